The molecule has 4 rings (SSSR count). The van der Waals surface area contributed by atoms with Crippen molar-refractivity contribution < 1.29 is 27.6 Å². The van der Waals surface area contributed by atoms with Gasteiger partial charge in [0.25, 0.3) is 21.6 Å². The third kappa shape index (κ3) is 4.16. The monoisotopic (exact) mass is 481 g/mol. The first-order valence-electron chi connectivity index (χ1n) is 9.89. The van der Waals surface area contributed by atoms with E-state index in [1.54, 1.807) is 30.3 Å². The summed E-state index contributed by atoms with van der Waals surface area (Å²) in [5.41, 5.74) is 0.249. The lowest BCUT2D eigenvalue weighted by molar-refractivity contribution is -0.383. The van der Waals surface area contributed by atoms with E-state index in [2.05, 4.69) is 0 Å². The number of sulfonamides is 1. The maximum absolute atomic E-state index is 13.2. The van der Waals surface area contributed by atoms with E-state index in [-0.39, 0.29) is 21.8 Å². The summed E-state index contributed by atoms with van der Waals surface area (Å²) >= 11 is 0. The molecule has 4 aromatic rings. The number of nitrogens with zero attached hydrogens (tertiary/aromatic N) is 2. The fraction of sp³-hybridized carbons (Fsp3) is 0.0870. The average molecular weight is 481 g/mol. The summed E-state index contributed by atoms with van der Waals surface area (Å²) in [5, 5.41) is 12.1. The fourth-order valence-electron chi connectivity index (χ4n) is 3.54. The van der Waals surface area contributed by atoms with Crippen molar-refractivity contribution in [1.82, 2.24) is 9.29 Å². The quantitative estimate of drug-likeness (QED) is 0.315. The number of non-ortho nitro benzene ring substituents is 1. The van der Waals surface area contributed by atoms with Gasteiger partial charge in [-0.2, -0.15) is 0 Å². The molecule has 1 N–H and O–H groups in total. The van der Waals surface area contributed by atoms with Crippen LogP contribution in [0.4, 0.5) is 5.69 Å². The number of benzene rings is 3. The number of aromatic nitrogens is 1. The Bertz CT molecular complexity index is 1490. The normalized spacial score (nSPS) is 11.2. The number of carbonyl (C=O) groups excluding carboxylic acids is 1. The molecular formula is C23H19N3O7S. The SMILES string of the molecule is COc1ccc(-n2c(C(=O)NS(=O)(=O)c3ccc(OC)cc3)cc3cccc([N+](=O)[O-])c32)cc1. The van der Waals surface area contributed by atoms with Gasteiger partial charge in [0, 0.05) is 17.1 Å². The predicted molar refractivity (Wildman–Crippen MR) is 124 cm³/mol. The first-order valence-corrected chi connectivity index (χ1v) is 11.4. The highest BCUT2D eigenvalue weighted by molar-refractivity contribution is 7.90. The van der Waals surface area contributed by atoms with E-state index in [4.69, 9.17) is 9.47 Å². The lowest BCUT2D eigenvalue weighted by Gasteiger charge is -2.12. The minimum atomic E-state index is -4.23. The number of rotatable bonds is 7. The fourth-order valence-corrected chi connectivity index (χ4v) is 4.50. The number of methoxy groups -OCH3 is 2. The number of hydrogen-bond donors (Lipinski definition) is 1. The number of amides is 1. The zero-order chi connectivity index (χ0) is 24.5. The Labute approximate surface area is 194 Å². The Kier molecular flexibility index (Phi) is 5.95. The third-order valence-electron chi connectivity index (χ3n) is 5.16. The molecule has 10 nitrogen and oxygen atoms in total. The Balaban J connectivity index is 1.84. The van der Waals surface area contributed by atoms with Crippen LogP contribution in [0.25, 0.3) is 16.6 Å². The summed E-state index contributed by atoms with van der Waals surface area (Å²) in [7, 11) is -1.29. The molecule has 11 heteroatoms. The Morgan fingerprint density at radius 1 is 0.941 bits per heavy atom. The van der Waals surface area contributed by atoms with Crippen LogP contribution in [0, 0.1) is 10.1 Å². The summed E-state index contributed by atoms with van der Waals surface area (Å²) in [6.45, 7) is 0. The van der Waals surface area contributed by atoms with Gasteiger partial charge in [0.05, 0.1) is 24.0 Å². The molecule has 174 valence electrons. The maximum atomic E-state index is 13.2. The lowest BCUT2D eigenvalue weighted by Crippen LogP contribution is -2.32. The van der Waals surface area contributed by atoms with Crippen molar-refractivity contribution in [2.75, 3.05) is 14.2 Å². The first-order chi connectivity index (χ1) is 16.2. The number of fused-ring (bicyclic) bond motifs is 1. The zero-order valence-corrected chi connectivity index (χ0v) is 18.9. The van der Waals surface area contributed by atoms with Crippen LogP contribution in [0.2, 0.25) is 0 Å². The van der Waals surface area contributed by atoms with E-state index in [1.165, 1.54) is 61.3 Å². The number of carbonyl (C=O) groups is 1. The number of nitro groups is 1. The van der Waals surface area contributed by atoms with Gasteiger partial charge >= 0.3 is 0 Å². The van der Waals surface area contributed by atoms with Crippen LogP contribution in [0.15, 0.2) is 77.7 Å². The van der Waals surface area contributed by atoms with E-state index >= 15 is 0 Å². The molecule has 0 atom stereocenters. The van der Waals surface area contributed by atoms with Crippen molar-refractivity contribution in [2.45, 2.75) is 4.90 Å². The molecule has 0 aliphatic rings. The molecule has 0 spiro atoms. The molecule has 0 saturated carbocycles. The van der Waals surface area contributed by atoms with E-state index in [0.29, 0.717) is 22.6 Å². The van der Waals surface area contributed by atoms with Crippen molar-refractivity contribution in [1.29, 1.82) is 0 Å². The second kappa shape index (κ2) is 8.87. The second-order valence-electron chi connectivity index (χ2n) is 7.15. The molecule has 0 bridgehead atoms. The lowest BCUT2D eigenvalue weighted by atomic mass is 10.2. The molecule has 1 heterocycles. The minimum Gasteiger partial charge on any atom is -0.497 e. The average Bonchev–Trinajstić information content (AvgIpc) is 3.23. The Hall–Kier alpha value is -4.38. The van der Waals surface area contributed by atoms with E-state index in [9.17, 15) is 23.3 Å². The number of para-hydroxylation sites is 1. The van der Waals surface area contributed by atoms with Gasteiger partial charge in [-0.05, 0) is 54.6 Å². The molecule has 0 aliphatic carbocycles. The highest BCUT2D eigenvalue weighted by atomic mass is 32.2. The number of ether oxygens (including phenoxy) is 2. The maximum Gasteiger partial charge on any atom is 0.293 e. The van der Waals surface area contributed by atoms with E-state index < -0.39 is 20.9 Å². The summed E-state index contributed by atoms with van der Waals surface area (Å²) in [4.78, 5) is 24.2. The number of hydrogen-bond acceptors (Lipinski definition) is 7. The molecule has 0 fully saturated rings. The van der Waals surface area contributed by atoms with Crippen molar-refractivity contribution in [3.63, 3.8) is 0 Å². The van der Waals surface area contributed by atoms with Crippen LogP contribution in [0.1, 0.15) is 10.5 Å². The topological polar surface area (TPSA) is 130 Å². The molecule has 3 aromatic carbocycles. The molecular weight excluding hydrogens is 462 g/mol. The van der Waals surface area contributed by atoms with Crippen LogP contribution in [0.5, 0.6) is 11.5 Å². The van der Waals surface area contributed by atoms with Crippen molar-refractivity contribution >= 4 is 32.5 Å². The number of nitrogens with one attached hydrogen (secondary N) is 1. The van der Waals surface area contributed by atoms with Gasteiger partial charge in [-0.1, -0.05) is 12.1 Å². The summed E-state index contributed by atoms with van der Waals surface area (Å²) < 4.78 is 39.2. The molecule has 0 unspecified atom stereocenters. The van der Waals surface area contributed by atoms with Gasteiger partial charge in [-0.25, -0.2) is 13.1 Å². The molecule has 0 saturated heterocycles. The highest BCUT2D eigenvalue weighted by Gasteiger charge is 2.26. The Morgan fingerprint density at radius 2 is 1.53 bits per heavy atom. The standard InChI is InChI=1S/C23H19N3O7S/c1-32-17-8-6-16(7-9-17)25-21(14-15-4-3-5-20(22(15)25)26(28)29)23(27)24-34(30,31)19-12-10-18(33-2)11-13-19/h3-14H,1-2H3,(H,24,27). The zero-order valence-electron chi connectivity index (χ0n) is 18.1. The van der Waals surface area contributed by atoms with Crippen LogP contribution in [-0.2, 0) is 10.0 Å². The minimum absolute atomic E-state index is 0.0912. The molecule has 1 amide bonds. The van der Waals surface area contributed by atoms with Gasteiger partial charge in [-0.3, -0.25) is 19.5 Å². The molecule has 34 heavy (non-hydrogen) atoms. The van der Waals surface area contributed by atoms with Crippen LogP contribution < -0.4 is 14.2 Å². The summed E-state index contributed by atoms with van der Waals surface area (Å²) in [6, 6.07) is 17.8. The largest absolute Gasteiger partial charge is 0.497 e. The smallest absolute Gasteiger partial charge is 0.293 e. The van der Waals surface area contributed by atoms with Crippen molar-refractivity contribution in [3.8, 4) is 17.2 Å². The van der Waals surface area contributed by atoms with Crippen molar-refractivity contribution in [3.05, 3.63) is 88.6 Å². The number of nitro benzene ring substituents is 1. The van der Waals surface area contributed by atoms with E-state index in [0.717, 1.165) is 0 Å². The van der Waals surface area contributed by atoms with Gasteiger partial charge in [-0.15, -0.1) is 0 Å². The molecule has 0 aliphatic heterocycles. The molecule has 0 radical (unpaired) electrons. The van der Waals surface area contributed by atoms with E-state index in [1.807, 2.05) is 4.72 Å². The van der Waals surface area contributed by atoms with Crippen LogP contribution in [-0.4, -0.2) is 38.0 Å². The predicted octanol–water partition coefficient (Wildman–Crippen LogP) is 3.67. The van der Waals surface area contributed by atoms with Gasteiger partial charge in [0.15, 0.2) is 0 Å². The van der Waals surface area contributed by atoms with Gasteiger partial charge in [0.1, 0.15) is 22.7 Å². The second-order valence-corrected chi connectivity index (χ2v) is 8.83. The summed E-state index contributed by atoms with van der Waals surface area (Å²) in [6.07, 6.45) is 0. The third-order valence-corrected chi connectivity index (χ3v) is 6.51. The van der Waals surface area contributed by atoms with Gasteiger partial charge < -0.3 is 9.47 Å². The molecule has 1 aromatic heterocycles. The summed E-state index contributed by atoms with van der Waals surface area (Å²) in [5.74, 6) is 0.0529. The highest BCUT2D eigenvalue weighted by Crippen LogP contribution is 2.32. The van der Waals surface area contributed by atoms with Crippen molar-refractivity contribution in [2.24, 2.45) is 0 Å². The van der Waals surface area contributed by atoms with Gasteiger partial charge in [0.2, 0.25) is 0 Å². The Morgan fingerprint density at radius 3 is 2.09 bits per heavy atom. The van der Waals surface area contributed by atoms with Crippen LogP contribution >= 0.6 is 0 Å². The first kappa shape index (κ1) is 22.8. The van der Waals surface area contributed by atoms with Crippen LogP contribution in [0.3, 0.4) is 0 Å².